The van der Waals surface area contributed by atoms with Crippen molar-refractivity contribution in [3.05, 3.63) is 51.8 Å². The molecule has 2 rings (SSSR count). The number of carbonyl (C=O) groups is 1. The second-order valence-corrected chi connectivity index (χ2v) is 6.79. The van der Waals surface area contributed by atoms with Gasteiger partial charge in [0.15, 0.2) is 0 Å². The highest BCUT2D eigenvalue weighted by atomic mass is 19.4. The SMILES string of the molecule is Cc1nn(C)c(CC(=O)OC(C)C)c1C#Cc1cc(C(F)(F)F)cc(C(F)(F)F)c1. The van der Waals surface area contributed by atoms with Gasteiger partial charge >= 0.3 is 18.3 Å². The number of aromatic nitrogens is 2. The highest BCUT2D eigenvalue weighted by molar-refractivity contribution is 5.73. The van der Waals surface area contributed by atoms with E-state index in [0.717, 1.165) is 0 Å². The van der Waals surface area contributed by atoms with E-state index in [9.17, 15) is 31.1 Å². The van der Waals surface area contributed by atoms with Gasteiger partial charge in [0.25, 0.3) is 0 Å². The molecule has 0 saturated heterocycles. The van der Waals surface area contributed by atoms with Gasteiger partial charge in [-0.3, -0.25) is 9.48 Å². The standard InChI is InChI=1S/C20H18F6N2O2/c1-11(2)30-18(29)10-17-16(12(3)27-28(17)4)6-5-13-7-14(19(21,22)23)9-15(8-13)20(24,25)26/h7-9,11H,10H2,1-4H3. The maximum absolute atomic E-state index is 13.0. The average Bonchev–Trinajstić information content (AvgIpc) is 2.83. The van der Waals surface area contributed by atoms with Gasteiger partial charge in [0, 0.05) is 12.6 Å². The van der Waals surface area contributed by atoms with Gasteiger partial charge in [-0.05, 0) is 39.0 Å². The van der Waals surface area contributed by atoms with Crippen molar-refractivity contribution in [3.63, 3.8) is 0 Å². The molecule has 0 atom stereocenters. The minimum atomic E-state index is -4.96. The van der Waals surface area contributed by atoms with Crippen LogP contribution in [0.5, 0.6) is 0 Å². The number of ether oxygens (including phenoxy) is 1. The van der Waals surface area contributed by atoms with Crippen molar-refractivity contribution in [1.29, 1.82) is 0 Å². The fraction of sp³-hybridized carbons (Fsp3) is 0.400. The van der Waals surface area contributed by atoms with E-state index in [-0.39, 0.29) is 24.2 Å². The Balaban J connectivity index is 2.51. The third-order valence-electron chi connectivity index (χ3n) is 3.94. The van der Waals surface area contributed by atoms with Crippen LogP contribution < -0.4 is 0 Å². The first-order chi connectivity index (χ1) is 13.7. The summed E-state index contributed by atoms with van der Waals surface area (Å²) < 4.78 is 84.4. The zero-order chi connectivity index (χ0) is 22.9. The van der Waals surface area contributed by atoms with E-state index in [1.165, 1.54) is 4.68 Å². The van der Waals surface area contributed by atoms with Crippen molar-refractivity contribution in [3.8, 4) is 11.8 Å². The molecule has 0 bridgehead atoms. The van der Waals surface area contributed by atoms with Crippen LogP contribution in [0.2, 0.25) is 0 Å². The zero-order valence-electron chi connectivity index (χ0n) is 16.5. The van der Waals surface area contributed by atoms with Crippen LogP contribution in [0.3, 0.4) is 0 Å². The van der Waals surface area contributed by atoms with Crippen molar-refractivity contribution in [2.45, 2.75) is 45.6 Å². The first kappa shape index (κ1) is 23.3. The molecular weight excluding hydrogens is 414 g/mol. The van der Waals surface area contributed by atoms with Crippen LogP contribution >= 0.6 is 0 Å². The van der Waals surface area contributed by atoms with Gasteiger partial charge in [0.05, 0.1) is 40.6 Å². The van der Waals surface area contributed by atoms with Gasteiger partial charge < -0.3 is 4.74 Å². The summed E-state index contributed by atoms with van der Waals surface area (Å²) >= 11 is 0. The van der Waals surface area contributed by atoms with Crippen molar-refractivity contribution >= 4 is 5.97 Å². The third-order valence-corrected chi connectivity index (χ3v) is 3.94. The molecule has 4 nitrogen and oxygen atoms in total. The number of hydrogen-bond donors (Lipinski definition) is 0. The topological polar surface area (TPSA) is 44.1 Å². The molecule has 0 radical (unpaired) electrons. The minimum Gasteiger partial charge on any atom is -0.463 e. The van der Waals surface area contributed by atoms with E-state index in [1.54, 1.807) is 27.8 Å². The smallest absolute Gasteiger partial charge is 0.416 e. The van der Waals surface area contributed by atoms with Crippen molar-refractivity contribution in [1.82, 2.24) is 9.78 Å². The lowest BCUT2D eigenvalue weighted by atomic mass is 10.0. The van der Waals surface area contributed by atoms with Crippen LogP contribution in [-0.2, 0) is 35.4 Å². The molecule has 0 spiro atoms. The Morgan fingerprint density at radius 1 is 1.07 bits per heavy atom. The summed E-state index contributed by atoms with van der Waals surface area (Å²) in [5, 5.41) is 4.12. The highest BCUT2D eigenvalue weighted by Gasteiger charge is 2.36. The summed E-state index contributed by atoms with van der Waals surface area (Å²) in [6.45, 7) is 4.90. The summed E-state index contributed by atoms with van der Waals surface area (Å²) in [7, 11) is 1.54. The molecule has 10 heteroatoms. The van der Waals surface area contributed by atoms with E-state index in [4.69, 9.17) is 4.74 Å². The Bertz CT molecular complexity index is 975. The molecule has 30 heavy (non-hydrogen) atoms. The van der Waals surface area contributed by atoms with E-state index < -0.39 is 35.0 Å². The van der Waals surface area contributed by atoms with Crippen molar-refractivity contribution in [2.24, 2.45) is 7.05 Å². The quantitative estimate of drug-likeness (QED) is 0.403. The molecule has 0 saturated carbocycles. The van der Waals surface area contributed by atoms with E-state index in [0.29, 0.717) is 23.5 Å². The highest BCUT2D eigenvalue weighted by Crippen LogP contribution is 2.36. The number of esters is 1. The van der Waals surface area contributed by atoms with Gasteiger partial charge in [-0.1, -0.05) is 11.8 Å². The number of hydrogen-bond acceptors (Lipinski definition) is 3. The van der Waals surface area contributed by atoms with E-state index in [2.05, 4.69) is 16.9 Å². The second-order valence-electron chi connectivity index (χ2n) is 6.79. The first-order valence-electron chi connectivity index (χ1n) is 8.72. The number of halogens is 6. The molecule has 0 aliphatic rings. The summed E-state index contributed by atoms with van der Waals surface area (Å²) in [6, 6.07) is 1.12. The van der Waals surface area contributed by atoms with Gasteiger partial charge in [-0.15, -0.1) is 0 Å². The lowest BCUT2D eigenvalue weighted by Gasteiger charge is -2.12. The molecule has 0 unspecified atom stereocenters. The Kier molecular flexibility index (Phi) is 6.54. The number of rotatable bonds is 3. The zero-order valence-corrected chi connectivity index (χ0v) is 16.5. The van der Waals surface area contributed by atoms with Gasteiger partial charge in [0.2, 0.25) is 0 Å². The second kappa shape index (κ2) is 8.42. The molecule has 0 amide bonds. The summed E-state index contributed by atoms with van der Waals surface area (Å²) in [5.74, 6) is 4.34. The van der Waals surface area contributed by atoms with Gasteiger partial charge in [0.1, 0.15) is 0 Å². The molecule has 0 aliphatic carbocycles. The Labute approximate surface area is 168 Å². The number of aryl methyl sites for hydroxylation is 2. The maximum Gasteiger partial charge on any atom is 0.416 e. The number of carbonyl (C=O) groups excluding carboxylic acids is 1. The van der Waals surface area contributed by atoms with Crippen LogP contribution in [0, 0.1) is 18.8 Å². The van der Waals surface area contributed by atoms with Gasteiger partial charge in [-0.25, -0.2) is 0 Å². The maximum atomic E-state index is 13.0. The summed E-state index contributed by atoms with van der Waals surface area (Å²) in [5.41, 5.74) is -2.41. The summed E-state index contributed by atoms with van der Waals surface area (Å²) in [6.07, 6.45) is -10.5. The van der Waals surface area contributed by atoms with Crippen molar-refractivity contribution in [2.75, 3.05) is 0 Å². The molecule has 162 valence electrons. The molecule has 0 N–H and O–H groups in total. The van der Waals surface area contributed by atoms with Crippen LogP contribution in [0.1, 0.15) is 47.5 Å². The van der Waals surface area contributed by atoms with E-state index in [1.807, 2.05) is 0 Å². The third kappa shape index (κ3) is 5.78. The van der Waals surface area contributed by atoms with Crippen LogP contribution in [0.25, 0.3) is 0 Å². The van der Waals surface area contributed by atoms with Crippen LogP contribution in [0.4, 0.5) is 26.3 Å². The van der Waals surface area contributed by atoms with Crippen molar-refractivity contribution < 1.29 is 35.9 Å². The molecule has 0 fully saturated rings. The Morgan fingerprint density at radius 2 is 1.60 bits per heavy atom. The lowest BCUT2D eigenvalue weighted by molar-refractivity contribution is -0.147. The molecule has 1 heterocycles. The fourth-order valence-corrected chi connectivity index (χ4v) is 2.67. The number of alkyl halides is 6. The van der Waals surface area contributed by atoms with E-state index >= 15 is 0 Å². The Hall–Kier alpha value is -2.96. The fourth-order valence-electron chi connectivity index (χ4n) is 2.67. The molecule has 1 aromatic carbocycles. The average molecular weight is 432 g/mol. The van der Waals surface area contributed by atoms with Crippen LogP contribution in [0.15, 0.2) is 18.2 Å². The Morgan fingerprint density at radius 3 is 2.07 bits per heavy atom. The summed E-state index contributed by atoms with van der Waals surface area (Å²) in [4.78, 5) is 12.0. The monoisotopic (exact) mass is 432 g/mol. The molecular formula is C20H18F6N2O2. The minimum absolute atomic E-state index is 0.0356. The molecule has 1 aromatic heterocycles. The number of benzene rings is 1. The normalized spacial score (nSPS) is 12.0. The number of nitrogens with zero attached hydrogens (tertiary/aromatic N) is 2. The largest absolute Gasteiger partial charge is 0.463 e. The predicted octanol–water partition coefficient (Wildman–Crippen LogP) is 4.66. The lowest BCUT2D eigenvalue weighted by Crippen LogP contribution is -2.16. The first-order valence-corrected chi connectivity index (χ1v) is 8.72. The molecule has 0 aliphatic heterocycles. The molecule has 2 aromatic rings. The van der Waals surface area contributed by atoms with Crippen LogP contribution in [-0.4, -0.2) is 21.9 Å². The predicted molar refractivity (Wildman–Crippen MR) is 95.3 cm³/mol. The van der Waals surface area contributed by atoms with Gasteiger partial charge in [-0.2, -0.15) is 31.4 Å².